The highest BCUT2D eigenvalue weighted by Crippen LogP contribution is 2.31. The molecule has 0 heterocycles. The van der Waals surface area contributed by atoms with E-state index in [1.54, 1.807) is 0 Å². The van der Waals surface area contributed by atoms with E-state index in [0.29, 0.717) is 31.5 Å². The summed E-state index contributed by atoms with van der Waals surface area (Å²) in [6.07, 6.45) is 5.30. The first-order valence-electron chi connectivity index (χ1n) is 5.57. The van der Waals surface area contributed by atoms with Crippen LogP contribution < -0.4 is 0 Å². The fraction of sp³-hybridized carbons (Fsp3) is 0.750. The van der Waals surface area contributed by atoms with Crippen LogP contribution in [0.2, 0.25) is 0 Å². The minimum Gasteiger partial charge on any atom is -0.299 e. The highest BCUT2D eigenvalue weighted by molar-refractivity contribution is 5.84. The zero-order valence-corrected chi connectivity index (χ0v) is 8.91. The highest BCUT2D eigenvalue weighted by Gasteiger charge is 2.30. The van der Waals surface area contributed by atoms with Gasteiger partial charge in [-0.25, -0.2) is 0 Å². The molecule has 1 aliphatic rings. The van der Waals surface area contributed by atoms with Gasteiger partial charge in [-0.1, -0.05) is 6.42 Å². The largest absolute Gasteiger partial charge is 0.299 e. The van der Waals surface area contributed by atoms with Gasteiger partial charge < -0.3 is 0 Å². The zero-order valence-electron chi connectivity index (χ0n) is 8.91. The number of carbonyl (C=O) groups is 1. The Morgan fingerprint density at radius 2 is 1.53 bits per heavy atom. The monoisotopic (exact) mass is 204 g/mol. The lowest BCUT2D eigenvalue weighted by molar-refractivity contribution is -0.129. The van der Waals surface area contributed by atoms with Gasteiger partial charge in [0.1, 0.15) is 5.78 Å². The molecule has 1 aliphatic carbocycles. The Hall–Kier alpha value is -1.35. The van der Waals surface area contributed by atoms with Crippen LogP contribution in [0.4, 0.5) is 0 Å². The molecular weight excluding hydrogens is 188 g/mol. The lowest BCUT2D eigenvalue weighted by Gasteiger charge is -2.26. The lowest BCUT2D eigenvalue weighted by atomic mass is 9.76. The summed E-state index contributed by atoms with van der Waals surface area (Å²) in [5.74, 6) is 0.468. The third kappa shape index (κ3) is 3.36. The van der Waals surface area contributed by atoms with Gasteiger partial charge in [0.15, 0.2) is 0 Å². The number of carbonyl (C=O) groups excluding carboxylic acids is 1. The van der Waals surface area contributed by atoms with Crippen molar-refractivity contribution >= 4 is 5.78 Å². The number of nitrogens with zero attached hydrogens (tertiary/aromatic N) is 2. The number of rotatable bonds is 4. The lowest BCUT2D eigenvalue weighted by Crippen LogP contribution is -2.28. The van der Waals surface area contributed by atoms with Crippen molar-refractivity contribution in [1.82, 2.24) is 0 Å². The summed E-state index contributed by atoms with van der Waals surface area (Å²) < 4.78 is 0. The molecule has 0 aromatic carbocycles. The standard InChI is InChI=1S/C12H16N2O/c13-8-2-6-10-4-1-5-11(12(10)15)7-3-9-14/h10-11H,1-7H2/t10-,11-/m0/s1. The van der Waals surface area contributed by atoms with Gasteiger partial charge in [0.05, 0.1) is 12.1 Å². The Bertz CT molecular complexity index is 270. The van der Waals surface area contributed by atoms with Gasteiger partial charge in [0.25, 0.3) is 0 Å². The predicted molar refractivity (Wildman–Crippen MR) is 55.5 cm³/mol. The van der Waals surface area contributed by atoms with E-state index in [2.05, 4.69) is 12.1 Å². The first-order valence-corrected chi connectivity index (χ1v) is 5.57. The van der Waals surface area contributed by atoms with Crippen LogP contribution in [-0.2, 0) is 4.79 Å². The fourth-order valence-corrected chi connectivity index (χ4v) is 2.28. The Balaban J connectivity index is 2.45. The van der Waals surface area contributed by atoms with Gasteiger partial charge in [-0.15, -0.1) is 0 Å². The maximum atomic E-state index is 11.9. The Morgan fingerprint density at radius 3 is 1.93 bits per heavy atom. The van der Waals surface area contributed by atoms with Gasteiger partial charge in [0, 0.05) is 24.7 Å². The minimum absolute atomic E-state index is 0.0853. The summed E-state index contributed by atoms with van der Waals surface area (Å²) in [5, 5.41) is 17.0. The summed E-state index contributed by atoms with van der Waals surface area (Å²) in [6, 6.07) is 4.18. The number of ketones is 1. The Morgan fingerprint density at radius 1 is 1.07 bits per heavy atom. The molecular formula is C12H16N2O. The van der Waals surface area contributed by atoms with Crippen LogP contribution in [0.25, 0.3) is 0 Å². The molecule has 0 aliphatic heterocycles. The van der Waals surface area contributed by atoms with E-state index in [1.807, 2.05) is 0 Å². The van der Waals surface area contributed by atoms with E-state index >= 15 is 0 Å². The first kappa shape index (κ1) is 11.7. The van der Waals surface area contributed by atoms with E-state index in [-0.39, 0.29) is 11.8 Å². The molecule has 15 heavy (non-hydrogen) atoms. The van der Waals surface area contributed by atoms with Crippen molar-refractivity contribution < 1.29 is 4.79 Å². The number of Topliss-reactive ketones (excluding diaryl/α,β-unsaturated/α-hetero) is 1. The molecule has 0 saturated heterocycles. The zero-order chi connectivity index (χ0) is 11.1. The van der Waals surface area contributed by atoms with Crippen molar-refractivity contribution in [3.05, 3.63) is 0 Å². The highest BCUT2D eigenvalue weighted by atomic mass is 16.1. The van der Waals surface area contributed by atoms with Crippen LogP contribution >= 0.6 is 0 Å². The van der Waals surface area contributed by atoms with Crippen LogP contribution in [0.3, 0.4) is 0 Å². The van der Waals surface area contributed by atoms with Crippen LogP contribution in [0.5, 0.6) is 0 Å². The second-order valence-corrected chi connectivity index (χ2v) is 4.12. The molecule has 1 fully saturated rings. The maximum Gasteiger partial charge on any atom is 0.139 e. The average molecular weight is 204 g/mol. The fourth-order valence-electron chi connectivity index (χ4n) is 2.28. The van der Waals surface area contributed by atoms with Crippen LogP contribution in [0.15, 0.2) is 0 Å². The SMILES string of the molecule is N#CCC[C@@H]1CCC[C@@H](CCC#N)C1=O. The van der Waals surface area contributed by atoms with Gasteiger partial charge >= 0.3 is 0 Å². The summed E-state index contributed by atoms with van der Waals surface area (Å²) in [7, 11) is 0. The smallest absolute Gasteiger partial charge is 0.139 e. The van der Waals surface area contributed by atoms with E-state index in [4.69, 9.17) is 10.5 Å². The molecule has 0 N–H and O–H groups in total. The molecule has 0 aromatic rings. The van der Waals surface area contributed by atoms with Gasteiger partial charge in [-0.05, 0) is 25.7 Å². The van der Waals surface area contributed by atoms with Crippen molar-refractivity contribution in [2.24, 2.45) is 11.8 Å². The first-order chi connectivity index (χ1) is 7.29. The van der Waals surface area contributed by atoms with Gasteiger partial charge in [-0.3, -0.25) is 4.79 Å². The molecule has 3 nitrogen and oxygen atoms in total. The molecule has 3 heteroatoms. The van der Waals surface area contributed by atoms with Crippen molar-refractivity contribution in [2.75, 3.05) is 0 Å². The van der Waals surface area contributed by atoms with E-state index in [1.165, 1.54) is 0 Å². The topological polar surface area (TPSA) is 64.7 Å². The van der Waals surface area contributed by atoms with Crippen LogP contribution in [0.1, 0.15) is 44.9 Å². The molecule has 0 amide bonds. The molecule has 0 bridgehead atoms. The average Bonchev–Trinajstić information content (AvgIpc) is 2.26. The molecule has 0 unspecified atom stereocenters. The van der Waals surface area contributed by atoms with E-state index in [9.17, 15) is 4.79 Å². The Labute approximate surface area is 90.7 Å². The number of hydrogen-bond acceptors (Lipinski definition) is 3. The van der Waals surface area contributed by atoms with Crippen molar-refractivity contribution in [2.45, 2.75) is 44.9 Å². The minimum atomic E-state index is 0.0853. The second-order valence-electron chi connectivity index (χ2n) is 4.12. The van der Waals surface area contributed by atoms with E-state index in [0.717, 1.165) is 19.3 Å². The normalized spacial score (nSPS) is 25.6. The Kier molecular flexibility index (Phi) is 4.84. The molecule has 0 radical (unpaired) electrons. The van der Waals surface area contributed by atoms with E-state index < -0.39 is 0 Å². The van der Waals surface area contributed by atoms with Crippen molar-refractivity contribution in [3.63, 3.8) is 0 Å². The van der Waals surface area contributed by atoms with Crippen LogP contribution in [-0.4, -0.2) is 5.78 Å². The third-order valence-corrected chi connectivity index (χ3v) is 3.12. The summed E-state index contributed by atoms with van der Waals surface area (Å²) >= 11 is 0. The van der Waals surface area contributed by atoms with Gasteiger partial charge in [0.2, 0.25) is 0 Å². The quantitative estimate of drug-likeness (QED) is 0.706. The summed E-state index contributed by atoms with van der Waals surface area (Å²) in [4.78, 5) is 11.9. The van der Waals surface area contributed by atoms with Crippen molar-refractivity contribution in [1.29, 1.82) is 10.5 Å². The molecule has 1 saturated carbocycles. The van der Waals surface area contributed by atoms with Crippen LogP contribution in [0, 0.1) is 34.5 Å². The van der Waals surface area contributed by atoms with Crippen molar-refractivity contribution in [3.8, 4) is 12.1 Å². The summed E-state index contributed by atoms with van der Waals surface area (Å²) in [6.45, 7) is 0. The number of hydrogen-bond donors (Lipinski definition) is 0. The molecule has 80 valence electrons. The number of nitriles is 2. The molecule has 1 rings (SSSR count). The molecule has 0 spiro atoms. The molecule has 2 atom stereocenters. The third-order valence-electron chi connectivity index (χ3n) is 3.12. The predicted octanol–water partition coefficient (Wildman–Crippen LogP) is 2.58. The maximum absolute atomic E-state index is 11.9. The molecule has 0 aromatic heterocycles. The second kappa shape index (κ2) is 6.19. The summed E-state index contributed by atoms with van der Waals surface area (Å²) in [5.41, 5.74) is 0. The van der Waals surface area contributed by atoms with Gasteiger partial charge in [-0.2, -0.15) is 10.5 Å².